The van der Waals surface area contributed by atoms with Crippen LogP contribution in [0.5, 0.6) is 0 Å². The quantitative estimate of drug-likeness (QED) is 0.617. The number of amides is 3. The Morgan fingerprint density at radius 2 is 1.65 bits per heavy atom. The standard InChI is InChI=1S/C20H26N4O2/c1-14-6-4-8-17(10-14)23-20(26)24-18-9-5-7-16(11-18)13-22-19(25)15(2)12-21-3/h4-11,15,21H,12-13H2,1-3H3,(H,22,25)(H2,23,24,26). The summed E-state index contributed by atoms with van der Waals surface area (Å²) in [6, 6.07) is 14.7. The van der Waals surface area contributed by atoms with Gasteiger partial charge in [0.2, 0.25) is 5.91 Å². The monoisotopic (exact) mass is 354 g/mol. The van der Waals surface area contributed by atoms with E-state index in [0.717, 1.165) is 16.8 Å². The van der Waals surface area contributed by atoms with Gasteiger partial charge in [-0.2, -0.15) is 0 Å². The average molecular weight is 354 g/mol. The number of benzene rings is 2. The molecule has 1 unspecified atom stereocenters. The van der Waals surface area contributed by atoms with E-state index in [4.69, 9.17) is 0 Å². The second kappa shape index (κ2) is 9.58. The Kier molecular flexibility index (Phi) is 7.17. The van der Waals surface area contributed by atoms with Gasteiger partial charge in [0.15, 0.2) is 0 Å². The molecule has 0 saturated carbocycles. The molecule has 138 valence electrons. The van der Waals surface area contributed by atoms with Gasteiger partial charge in [0, 0.05) is 30.4 Å². The summed E-state index contributed by atoms with van der Waals surface area (Å²) in [5, 5.41) is 11.5. The summed E-state index contributed by atoms with van der Waals surface area (Å²) >= 11 is 0. The Balaban J connectivity index is 1.90. The highest BCUT2D eigenvalue weighted by Gasteiger charge is 2.11. The van der Waals surface area contributed by atoms with E-state index in [1.807, 2.05) is 69.4 Å². The number of aryl methyl sites for hydroxylation is 1. The van der Waals surface area contributed by atoms with Gasteiger partial charge >= 0.3 is 6.03 Å². The van der Waals surface area contributed by atoms with Crippen LogP contribution < -0.4 is 21.3 Å². The number of hydrogen-bond donors (Lipinski definition) is 4. The molecule has 0 aliphatic carbocycles. The fraction of sp³-hybridized carbons (Fsp3) is 0.300. The fourth-order valence-corrected chi connectivity index (χ4v) is 2.54. The van der Waals surface area contributed by atoms with Crippen molar-refractivity contribution in [2.24, 2.45) is 5.92 Å². The van der Waals surface area contributed by atoms with Crippen LogP contribution in [0.3, 0.4) is 0 Å². The highest BCUT2D eigenvalue weighted by Crippen LogP contribution is 2.13. The third-order valence-electron chi connectivity index (χ3n) is 3.89. The summed E-state index contributed by atoms with van der Waals surface area (Å²) in [5.74, 6) is -0.101. The Morgan fingerprint density at radius 1 is 1.00 bits per heavy atom. The molecule has 0 fully saturated rings. The van der Waals surface area contributed by atoms with E-state index in [2.05, 4.69) is 21.3 Å². The predicted molar refractivity (Wildman–Crippen MR) is 105 cm³/mol. The zero-order chi connectivity index (χ0) is 18.9. The summed E-state index contributed by atoms with van der Waals surface area (Å²) in [4.78, 5) is 24.1. The third-order valence-corrected chi connectivity index (χ3v) is 3.89. The molecule has 0 aromatic heterocycles. The number of anilines is 2. The van der Waals surface area contributed by atoms with Crippen LogP contribution in [0.2, 0.25) is 0 Å². The van der Waals surface area contributed by atoms with E-state index >= 15 is 0 Å². The molecule has 2 aromatic carbocycles. The largest absolute Gasteiger partial charge is 0.352 e. The zero-order valence-corrected chi connectivity index (χ0v) is 15.4. The molecule has 0 aliphatic heterocycles. The Bertz CT molecular complexity index is 761. The van der Waals surface area contributed by atoms with Crippen LogP contribution in [0.4, 0.5) is 16.2 Å². The van der Waals surface area contributed by atoms with Crippen molar-refractivity contribution in [1.82, 2.24) is 10.6 Å². The van der Waals surface area contributed by atoms with E-state index in [1.165, 1.54) is 0 Å². The Morgan fingerprint density at radius 3 is 2.31 bits per heavy atom. The summed E-state index contributed by atoms with van der Waals surface area (Å²) in [7, 11) is 1.82. The van der Waals surface area contributed by atoms with Gasteiger partial charge in [-0.25, -0.2) is 4.79 Å². The van der Waals surface area contributed by atoms with E-state index in [0.29, 0.717) is 18.8 Å². The molecule has 1 atom stereocenters. The van der Waals surface area contributed by atoms with Crippen LogP contribution >= 0.6 is 0 Å². The van der Waals surface area contributed by atoms with Gasteiger partial charge in [-0.05, 0) is 49.4 Å². The van der Waals surface area contributed by atoms with E-state index in [1.54, 1.807) is 0 Å². The number of carbonyl (C=O) groups is 2. The first kappa shape index (κ1) is 19.5. The molecule has 2 aromatic rings. The van der Waals surface area contributed by atoms with Crippen molar-refractivity contribution in [3.05, 3.63) is 59.7 Å². The summed E-state index contributed by atoms with van der Waals surface area (Å²) in [6.45, 7) is 4.90. The lowest BCUT2D eigenvalue weighted by Crippen LogP contribution is -2.33. The SMILES string of the molecule is CNCC(C)C(=O)NCc1cccc(NC(=O)Nc2cccc(C)c2)c1. The van der Waals surface area contributed by atoms with E-state index in [9.17, 15) is 9.59 Å². The van der Waals surface area contributed by atoms with Crippen LogP contribution in [-0.4, -0.2) is 25.5 Å². The van der Waals surface area contributed by atoms with Crippen molar-refractivity contribution in [3.8, 4) is 0 Å². The van der Waals surface area contributed by atoms with Gasteiger partial charge < -0.3 is 21.3 Å². The molecule has 0 heterocycles. The summed E-state index contributed by atoms with van der Waals surface area (Å²) < 4.78 is 0. The first-order valence-electron chi connectivity index (χ1n) is 8.64. The van der Waals surface area contributed by atoms with Crippen LogP contribution in [0.25, 0.3) is 0 Å². The molecule has 0 radical (unpaired) electrons. The second-order valence-electron chi connectivity index (χ2n) is 6.33. The first-order valence-corrected chi connectivity index (χ1v) is 8.64. The van der Waals surface area contributed by atoms with Gasteiger partial charge in [-0.1, -0.05) is 31.2 Å². The third kappa shape index (κ3) is 6.22. The number of urea groups is 1. The second-order valence-corrected chi connectivity index (χ2v) is 6.33. The summed E-state index contributed by atoms with van der Waals surface area (Å²) in [5.41, 5.74) is 3.41. The van der Waals surface area contributed by atoms with Gasteiger partial charge in [-0.15, -0.1) is 0 Å². The maximum absolute atomic E-state index is 12.1. The molecule has 0 saturated heterocycles. The van der Waals surface area contributed by atoms with Crippen LogP contribution in [-0.2, 0) is 11.3 Å². The molecule has 6 heteroatoms. The van der Waals surface area contributed by atoms with Crippen LogP contribution in [0.15, 0.2) is 48.5 Å². The highest BCUT2D eigenvalue weighted by atomic mass is 16.2. The number of nitrogens with one attached hydrogen (secondary N) is 4. The van der Waals surface area contributed by atoms with Gasteiger partial charge in [0.25, 0.3) is 0 Å². The lowest BCUT2D eigenvalue weighted by molar-refractivity contribution is -0.124. The molecule has 0 aliphatic rings. The normalized spacial score (nSPS) is 11.5. The van der Waals surface area contributed by atoms with E-state index in [-0.39, 0.29) is 17.9 Å². The first-order chi connectivity index (χ1) is 12.5. The smallest absolute Gasteiger partial charge is 0.323 e. The lowest BCUT2D eigenvalue weighted by atomic mass is 10.1. The highest BCUT2D eigenvalue weighted by molar-refractivity contribution is 5.99. The van der Waals surface area contributed by atoms with Crippen LogP contribution in [0, 0.1) is 12.8 Å². The van der Waals surface area contributed by atoms with Gasteiger partial charge in [-0.3, -0.25) is 4.79 Å². The number of rotatable bonds is 7. The minimum atomic E-state index is -0.306. The van der Waals surface area contributed by atoms with Crippen LogP contribution in [0.1, 0.15) is 18.1 Å². The van der Waals surface area contributed by atoms with Crippen molar-refractivity contribution in [1.29, 1.82) is 0 Å². The molecule has 3 amide bonds. The van der Waals surface area contributed by atoms with Gasteiger partial charge in [0.1, 0.15) is 0 Å². The maximum Gasteiger partial charge on any atom is 0.323 e. The van der Waals surface area contributed by atoms with E-state index < -0.39 is 0 Å². The topological polar surface area (TPSA) is 82.3 Å². The molecule has 2 rings (SSSR count). The minimum absolute atomic E-state index is 0.00472. The molecule has 0 bridgehead atoms. The zero-order valence-electron chi connectivity index (χ0n) is 15.4. The van der Waals surface area contributed by atoms with Crippen molar-refractivity contribution in [3.63, 3.8) is 0 Å². The molecule has 0 spiro atoms. The molecule has 26 heavy (non-hydrogen) atoms. The number of carbonyl (C=O) groups excluding carboxylic acids is 2. The number of hydrogen-bond acceptors (Lipinski definition) is 3. The minimum Gasteiger partial charge on any atom is -0.352 e. The molecular weight excluding hydrogens is 328 g/mol. The summed E-state index contributed by atoms with van der Waals surface area (Å²) in [6.07, 6.45) is 0. The molecular formula is C20H26N4O2. The van der Waals surface area contributed by atoms with Gasteiger partial charge in [0.05, 0.1) is 0 Å². The predicted octanol–water partition coefficient (Wildman–Crippen LogP) is 3.11. The molecule has 6 nitrogen and oxygen atoms in total. The van der Waals surface area contributed by atoms with Crippen molar-refractivity contribution < 1.29 is 9.59 Å². The van der Waals surface area contributed by atoms with Crippen molar-refractivity contribution >= 4 is 23.3 Å². The fourth-order valence-electron chi connectivity index (χ4n) is 2.54. The molecule has 4 N–H and O–H groups in total. The van der Waals surface area contributed by atoms with Crippen molar-refractivity contribution in [2.45, 2.75) is 20.4 Å². The lowest BCUT2D eigenvalue weighted by Gasteiger charge is -2.12. The Labute approximate surface area is 154 Å². The van der Waals surface area contributed by atoms with Crippen molar-refractivity contribution in [2.75, 3.05) is 24.2 Å². The average Bonchev–Trinajstić information content (AvgIpc) is 2.60. The maximum atomic E-state index is 12.1. The Hall–Kier alpha value is -2.86.